The summed E-state index contributed by atoms with van der Waals surface area (Å²) in [6.45, 7) is 7.08. The van der Waals surface area contributed by atoms with Gasteiger partial charge in [-0.2, -0.15) is 0 Å². The minimum Gasteiger partial charge on any atom is -0.342 e. The third-order valence-electron chi connectivity index (χ3n) is 6.73. The van der Waals surface area contributed by atoms with Gasteiger partial charge in [-0.15, -0.1) is 11.8 Å². The van der Waals surface area contributed by atoms with Gasteiger partial charge in [-0.3, -0.25) is 19.3 Å². The number of carbonyl (C=O) groups excluding carboxylic acids is 3. The van der Waals surface area contributed by atoms with Crippen LogP contribution in [0.2, 0.25) is 0 Å². The number of fused-ring (bicyclic) bond motifs is 1. The third kappa shape index (κ3) is 3.90. The summed E-state index contributed by atoms with van der Waals surface area (Å²) < 4.78 is 0. The number of rotatable bonds is 3. The second-order valence-electron chi connectivity index (χ2n) is 8.66. The van der Waals surface area contributed by atoms with Crippen LogP contribution in [0, 0.1) is 0 Å². The van der Waals surface area contributed by atoms with Crippen LogP contribution < -0.4 is 0 Å². The minimum absolute atomic E-state index is 0.0879. The molecule has 0 radical (unpaired) electrons. The number of piperazine rings is 1. The van der Waals surface area contributed by atoms with E-state index in [4.69, 9.17) is 0 Å². The molecule has 2 atom stereocenters. The van der Waals surface area contributed by atoms with Gasteiger partial charge in [0, 0.05) is 51.4 Å². The fraction of sp³-hybridized carbons (Fsp3) is 0.850. The molecule has 2 unspecified atom stereocenters. The molecule has 4 fully saturated rings. The zero-order valence-corrected chi connectivity index (χ0v) is 17.7. The molecule has 3 amide bonds. The van der Waals surface area contributed by atoms with Crippen molar-refractivity contribution in [2.75, 3.05) is 51.6 Å². The Morgan fingerprint density at radius 1 is 1.00 bits per heavy atom. The van der Waals surface area contributed by atoms with Gasteiger partial charge in [-0.05, 0) is 26.2 Å². The Morgan fingerprint density at radius 2 is 1.68 bits per heavy atom. The lowest BCUT2D eigenvalue weighted by Gasteiger charge is -2.38. The van der Waals surface area contributed by atoms with Gasteiger partial charge in [0.2, 0.25) is 17.7 Å². The second kappa shape index (κ2) is 8.22. The van der Waals surface area contributed by atoms with E-state index in [9.17, 15) is 14.4 Å². The van der Waals surface area contributed by atoms with Crippen molar-refractivity contribution in [3.8, 4) is 0 Å². The molecule has 4 aliphatic heterocycles. The van der Waals surface area contributed by atoms with E-state index in [0.29, 0.717) is 31.8 Å². The van der Waals surface area contributed by atoms with Gasteiger partial charge in [-0.25, -0.2) is 0 Å². The fourth-order valence-corrected chi connectivity index (χ4v) is 6.38. The Bertz CT molecular complexity index is 629. The lowest BCUT2D eigenvalue weighted by molar-refractivity contribution is -0.145. The maximum Gasteiger partial charge on any atom is 0.246 e. The van der Waals surface area contributed by atoms with Gasteiger partial charge < -0.3 is 14.7 Å². The van der Waals surface area contributed by atoms with Crippen LogP contribution in [0.25, 0.3) is 0 Å². The quantitative estimate of drug-likeness (QED) is 0.697. The molecule has 28 heavy (non-hydrogen) atoms. The van der Waals surface area contributed by atoms with E-state index in [0.717, 1.165) is 45.4 Å². The summed E-state index contributed by atoms with van der Waals surface area (Å²) >= 11 is 1.74. The Hall–Kier alpha value is -1.28. The summed E-state index contributed by atoms with van der Waals surface area (Å²) in [7, 11) is 0. The number of hydrogen-bond donors (Lipinski definition) is 0. The number of amides is 3. The van der Waals surface area contributed by atoms with E-state index in [2.05, 4.69) is 11.8 Å². The van der Waals surface area contributed by atoms with Crippen LogP contribution in [0.15, 0.2) is 0 Å². The van der Waals surface area contributed by atoms with Crippen molar-refractivity contribution in [1.82, 2.24) is 19.6 Å². The zero-order chi connectivity index (χ0) is 19.7. The van der Waals surface area contributed by atoms with Gasteiger partial charge in [0.15, 0.2) is 0 Å². The van der Waals surface area contributed by atoms with Gasteiger partial charge in [0.25, 0.3) is 0 Å². The van der Waals surface area contributed by atoms with Crippen molar-refractivity contribution >= 4 is 29.5 Å². The van der Waals surface area contributed by atoms with Crippen molar-refractivity contribution in [2.24, 2.45) is 0 Å². The summed E-state index contributed by atoms with van der Waals surface area (Å²) in [6, 6.07) is -0.310. The average Bonchev–Trinajstić information content (AvgIpc) is 3.03. The molecular weight excluding hydrogens is 376 g/mol. The highest BCUT2D eigenvalue weighted by molar-refractivity contribution is 8.01. The molecule has 0 spiro atoms. The molecule has 7 nitrogen and oxygen atoms in total. The van der Waals surface area contributed by atoms with Gasteiger partial charge in [-0.1, -0.05) is 12.8 Å². The van der Waals surface area contributed by atoms with Crippen molar-refractivity contribution in [3.63, 3.8) is 0 Å². The molecule has 4 saturated heterocycles. The average molecular weight is 409 g/mol. The van der Waals surface area contributed by atoms with Crippen LogP contribution in [0.3, 0.4) is 0 Å². The zero-order valence-electron chi connectivity index (χ0n) is 16.9. The number of hydrogen-bond acceptors (Lipinski definition) is 5. The van der Waals surface area contributed by atoms with E-state index in [1.165, 1.54) is 12.8 Å². The van der Waals surface area contributed by atoms with Gasteiger partial charge in [0.1, 0.15) is 6.04 Å². The maximum atomic E-state index is 13.1. The van der Waals surface area contributed by atoms with E-state index in [1.807, 2.05) is 14.7 Å². The topological polar surface area (TPSA) is 64.2 Å². The lowest BCUT2D eigenvalue weighted by Crippen LogP contribution is -2.57. The highest BCUT2D eigenvalue weighted by atomic mass is 32.2. The Labute approximate surface area is 171 Å². The largest absolute Gasteiger partial charge is 0.342 e. The molecule has 0 N–H and O–H groups in total. The lowest BCUT2D eigenvalue weighted by atomic mass is 10.2. The fourth-order valence-electron chi connectivity index (χ4n) is 4.95. The van der Waals surface area contributed by atoms with Gasteiger partial charge >= 0.3 is 0 Å². The van der Waals surface area contributed by atoms with Crippen LogP contribution in [-0.4, -0.2) is 99.8 Å². The van der Waals surface area contributed by atoms with Crippen LogP contribution in [0.5, 0.6) is 0 Å². The minimum atomic E-state index is -0.310. The highest BCUT2D eigenvalue weighted by Crippen LogP contribution is 2.47. The third-order valence-corrected chi connectivity index (χ3v) is 8.24. The smallest absolute Gasteiger partial charge is 0.246 e. The number of carbonyl (C=O) groups is 3. The molecule has 0 aromatic carbocycles. The summed E-state index contributed by atoms with van der Waals surface area (Å²) in [6.07, 6.45) is 6.07. The van der Waals surface area contributed by atoms with Crippen LogP contribution in [-0.2, 0) is 14.4 Å². The second-order valence-corrected chi connectivity index (χ2v) is 10.2. The van der Waals surface area contributed by atoms with Crippen LogP contribution in [0.1, 0.15) is 45.4 Å². The van der Waals surface area contributed by atoms with E-state index in [1.54, 1.807) is 11.8 Å². The molecule has 0 aromatic rings. The number of thioether (sulfide) groups is 1. The van der Waals surface area contributed by atoms with E-state index in [-0.39, 0.29) is 28.6 Å². The van der Waals surface area contributed by atoms with Crippen molar-refractivity contribution < 1.29 is 14.4 Å². The SMILES string of the molecule is CC12CCC(=O)N1C(C(=O)N1CCN(CC(=O)N3CCCCCC3)CC1)CS2. The Morgan fingerprint density at radius 3 is 2.36 bits per heavy atom. The summed E-state index contributed by atoms with van der Waals surface area (Å²) in [4.78, 5) is 45.7. The van der Waals surface area contributed by atoms with Crippen molar-refractivity contribution in [1.29, 1.82) is 0 Å². The predicted octanol–water partition coefficient (Wildman–Crippen LogP) is 0.987. The van der Waals surface area contributed by atoms with E-state index >= 15 is 0 Å². The summed E-state index contributed by atoms with van der Waals surface area (Å²) in [5.41, 5.74) is 0. The molecule has 4 rings (SSSR count). The van der Waals surface area contributed by atoms with E-state index < -0.39 is 0 Å². The molecule has 4 heterocycles. The first-order chi connectivity index (χ1) is 13.5. The standard InChI is InChI=1S/C20H32N4O3S/c1-20-7-6-17(25)24(20)16(15-28-20)19(27)23-12-10-21(11-13-23)14-18(26)22-8-4-2-3-5-9-22/h16H,2-15H2,1H3. The monoisotopic (exact) mass is 408 g/mol. The molecule has 156 valence electrons. The first kappa shape index (κ1) is 20.0. The van der Waals surface area contributed by atoms with Crippen molar-refractivity contribution in [2.45, 2.75) is 56.4 Å². The first-order valence-corrected chi connectivity index (χ1v) is 11.7. The van der Waals surface area contributed by atoms with Gasteiger partial charge in [0.05, 0.1) is 11.4 Å². The molecule has 0 bridgehead atoms. The molecule has 0 saturated carbocycles. The van der Waals surface area contributed by atoms with Crippen LogP contribution in [0.4, 0.5) is 0 Å². The predicted molar refractivity (Wildman–Crippen MR) is 109 cm³/mol. The Balaban J connectivity index is 1.28. The van der Waals surface area contributed by atoms with Crippen molar-refractivity contribution in [3.05, 3.63) is 0 Å². The number of nitrogens with zero attached hydrogens (tertiary/aromatic N) is 4. The normalized spacial score (nSPS) is 31.8. The molecule has 0 aromatic heterocycles. The summed E-state index contributed by atoms with van der Waals surface area (Å²) in [5.74, 6) is 1.14. The Kier molecular flexibility index (Phi) is 5.88. The molecular formula is C20H32N4O3S. The number of likely N-dealkylation sites (tertiary alicyclic amines) is 1. The summed E-state index contributed by atoms with van der Waals surface area (Å²) in [5, 5.41) is 0. The van der Waals surface area contributed by atoms with Crippen LogP contribution >= 0.6 is 11.8 Å². The molecule has 4 aliphatic rings. The highest BCUT2D eigenvalue weighted by Gasteiger charge is 2.53. The molecule has 8 heteroatoms. The first-order valence-electron chi connectivity index (χ1n) is 10.7. The maximum absolute atomic E-state index is 13.1. The molecule has 0 aliphatic carbocycles.